The highest BCUT2D eigenvalue weighted by Crippen LogP contribution is 2.26. The number of hydrogen-bond donors (Lipinski definition) is 1. The summed E-state index contributed by atoms with van der Waals surface area (Å²) in [4.78, 5) is 12.9. The zero-order chi connectivity index (χ0) is 23.0. The van der Waals surface area contributed by atoms with Gasteiger partial charge in [-0.15, -0.1) is 0 Å². The van der Waals surface area contributed by atoms with Crippen LogP contribution in [0, 0.1) is 0 Å². The Morgan fingerprint density at radius 3 is 2.34 bits per heavy atom. The van der Waals surface area contributed by atoms with Crippen molar-refractivity contribution in [2.24, 2.45) is 0 Å². The van der Waals surface area contributed by atoms with Crippen molar-refractivity contribution in [3.05, 3.63) is 84.4 Å². The summed E-state index contributed by atoms with van der Waals surface area (Å²) in [6.07, 6.45) is 0. The predicted octanol–water partition coefficient (Wildman–Crippen LogP) is 4.07. The van der Waals surface area contributed by atoms with Gasteiger partial charge in [-0.1, -0.05) is 30.3 Å². The lowest BCUT2D eigenvalue weighted by Crippen LogP contribution is -2.38. The van der Waals surface area contributed by atoms with Crippen molar-refractivity contribution in [1.82, 2.24) is 0 Å². The molecule has 3 rings (SSSR count). The molecule has 0 spiro atoms. The molecule has 168 valence electrons. The van der Waals surface area contributed by atoms with E-state index >= 15 is 0 Å². The van der Waals surface area contributed by atoms with E-state index in [4.69, 9.17) is 9.47 Å². The summed E-state index contributed by atoms with van der Waals surface area (Å²) in [6, 6.07) is 21.8. The van der Waals surface area contributed by atoms with Crippen molar-refractivity contribution in [3.63, 3.8) is 0 Å². The topological polar surface area (TPSA) is 84.9 Å². The molecule has 0 fully saturated rings. The molecule has 0 aromatic heterocycles. The van der Waals surface area contributed by atoms with Gasteiger partial charge in [0.05, 0.1) is 23.8 Å². The molecule has 0 saturated heterocycles. The number of hydrogen-bond acceptors (Lipinski definition) is 5. The second kappa shape index (κ2) is 10.8. The highest BCUT2D eigenvalue weighted by Gasteiger charge is 2.27. The largest absolute Gasteiger partial charge is 0.494 e. The Balaban J connectivity index is 1.88. The van der Waals surface area contributed by atoms with Gasteiger partial charge in [0.1, 0.15) is 12.3 Å². The first-order valence-corrected chi connectivity index (χ1v) is 11.6. The molecular weight excluding hydrogens is 428 g/mol. The fourth-order valence-corrected chi connectivity index (χ4v) is 4.59. The molecule has 0 aliphatic carbocycles. The van der Waals surface area contributed by atoms with E-state index in [0.29, 0.717) is 30.3 Å². The van der Waals surface area contributed by atoms with Gasteiger partial charge in [0, 0.05) is 12.8 Å². The summed E-state index contributed by atoms with van der Waals surface area (Å²) in [5.41, 5.74) is 1.82. The van der Waals surface area contributed by atoms with Crippen LogP contribution in [0.15, 0.2) is 83.8 Å². The van der Waals surface area contributed by atoms with Crippen molar-refractivity contribution >= 4 is 27.3 Å². The van der Waals surface area contributed by atoms with Gasteiger partial charge < -0.3 is 14.8 Å². The smallest absolute Gasteiger partial charge is 0.264 e. The van der Waals surface area contributed by atoms with Crippen molar-refractivity contribution in [3.8, 4) is 5.75 Å². The number of anilines is 2. The number of amides is 1. The lowest BCUT2D eigenvalue weighted by Gasteiger charge is -2.24. The maximum Gasteiger partial charge on any atom is 0.264 e. The molecule has 0 unspecified atom stereocenters. The number of nitrogens with zero attached hydrogens (tertiary/aromatic N) is 1. The molecule has 0 heterocycles. The highest BCUT2D eigenvalue weighted by molar-refractivity contribution is 7.92. The van der Waals surface area contributed by atoms with E-state index in [1.807, 2.05) is 13.0 Å². The van der Waals surface area contributed by atoms with Crippen LogP contribution in [-0.4, -0.2) is 34.6 Å². The van der Waals surface area contributed by atoms with Gasteiger partial charge in [0.2, 0.25) is 5.91 Å². The highest BCUT2D eigenvalue weighted by atomic mass is 32.2. The minimum Gasteiger partial charge on any atom is -0.494 e. The first-order valence-electron chi connectivity index (χ1n) is 10.1. The zero-order valence-electron chi connectivity index (χ0n) is 18.0. The zero-order valence-corrected chi connectivity index (χ0v) is 18.8. The van der Waals surface area contributed by atoms with E-state index in [0.717, 1.165) is 9.87 Å². The van der Waals surface area contributed by atoms with Crippen molar-refractivity contribution in [2.75, 3.05) is 29.9 Å². The summed E-state index contributed by atoms with van der Waals surface area (Å²) in [5.74, 6) is 0.153. The number of benzene rings is 3. The van der Waals surface area contributed by atoms with Gasteiger partial charge in [-0.2, -0.15) is 0 Å². The van der Waals surface area contributed by atoms with Crippen LogP contribution in [0.3, 0.4) is 0 Å². The second-order valence-corrected chi connectivity index (χ2v) is 8.80. The third-order valence-electron chi connectivity index (χ3n) is 4.58. The third kappa shape index (κ3) is 5.87. The lowest BCUT2D eigenvalue weighted by molar-refractivity contribution is -0.114. The van der Waals surface area contributed by atoms with Crippen LogP contribution in [0.2, 0.25) is 0 Å². The van der Waals surface area contributed by atoms with Crippen LogP contribution in [0.1, 0.15) is 12.5 Å². The van der Waals surface area contributed by atoms with Crippen molar-refractivity contribution < 1.29 is 22.7 Å². The number of nitrogens with one attached hydrogen (secondary N) is 1. The summed E-state index contributed by atoms with van der Waals surface area (Å²) in [5, 5.41) is 2.77. The molecular formula is C24H26N2O5S. The van der Waals surface area contributed by atoms with Gasteiger partial charge in [-0.3, -0.25) is 9.10 Å². The summed E-state index contributed by atoms with van der Waals surface area (Å²) in [7, 11) is -2.38. The number of methoxy groups -OCH3 is 1. The van der Waals surface area contributed by atoms with Crippen LogP contribution in [-0.2, 0) is 26.2 Å². The van der Waals surface area contributed by atoms with E-state index in [1.165, 1.54) is 12.1 Å². The number of sulfonamides is 1. The molecule has 7 nitrogen and oxygen atoms in total. The van der Waals surface area contributed by atoms with E-state index in [-0.39, 0.29) is 11.4 Å². The molecule has 0 atom stereocenters. The van der Waals surface area contributed by atoms with Crippen LogP contribution in [0.4, 0.5) is 11.4 Å². The van der Waals surface area contributed by atoms with E-state index in [1.54, 1.807) is 67.8 Å². The van der Waals surface area contributed by atoms with Crippen LogP contribution in [0.5, 0.6) is 5.75 Å². The maximum absolute atomic E-state index is 13.4. The molecule has 0 aliphatic heterocycles. The SMILES string of the molecule is CCOc1ccc(N(CC(=O)Nc2cccc(COC)c2)S(=O)(=O)c2ccccc2)cc1. The number of ether oxygens (including phenoxy) is 2. The van der Waals surface area contributed by atoms with Crippen LogP contribution >= 0.6 is 0 Å². The monoisotopic (exact) mass is 454 g/mol. The van der Waals surface area contributed by atoms with Crippen molar-refractivity contribution in [2.45, 2.75) is 18.4 Å². The van der Waals surface area contributed by atoms with Crippen LogP contribution in [0.25, 0.3) is 0 Å². The van der Waals surface area contributed by atoms with Crippen LogP contribution < -0.4 is 14.4 Å². The molecule has 0 bridgehead atoms. The summed E-state index contributed by atoms with van der Waals surface area (Å²) < 4.78 is 38.4. The normalized spacial score (nSPS) is 11.1. The minimum absolute atomic E-state index is 0.101. The molecule has 0 radical (unpaired) electrons. The minimum atomic E-state index is -3.97. The first-order chi connectivity index (χ1) is 15.4. The molecule has 3 aromatic rings. The number of carbonyl (C=O) groups excluding carboxylic acids is 1. The van der Waals surface area contributed by atoms with Crippen molar-refractivity contribution in [1.29, 1.82) is 0 Å². The Labute approximate surface area is 188 Å². The van der Waals surface area contributed by atoms with Gasteiger partial charge in [0.15, 0.2) is 0 Å². The standard InChI is InChI=1S/C24H26N2O5S/c1-3-31-22-14-12-21(13-15-22)26(32(28,29)23-10-5-4-6-11-23)17-24(27)25-20-9-7-8-19(16-20)18-30-2/h4-16H,3,17-18H2,1-2H3,(H,25,27). The molecule has 8 heteroatoms. The second-order valence-electron chi connectivity index (χ2n) is 6.93. The number of rotatable bonds is 10. The van der Waals surface area contributed by atoms with Gasteiger partial charge in [-0.05, 0) is 61.0 Å². The quantitative estimate of drug-likeness (QED) is 0.499. The summed E-state index contributed by atoms with van der Waals surface area (Å²) >= 11 is 0. The average molecular weight is 455 g/mol. The Kier molecular flexibility index (Phi) is 7.86. The third-order valence-corrected chi connectivity index (χ3v) is 6.36. The fraction of sp³-hybridized carbons (Fsp3) is 0.208. The maximum atomic E-state index is 13.4. The first kappa shape index (κ1) is 23.3. The van der Waals surface area contributed by atoms with Gasteiger partial charge in [-0.25, -0.2) is 8.42 Å². The van der Waals surface area contributed by atoms with Gasteiger partial charge in [0.25, 0.3) is 10.0 Å². The average Bonchev–Trinajstić information content (AvgIpc) is 2.79. The molecule has 0 saturated carbocycles. The molecule has 3 aromatic carbocycles. The van der Waals surface area contributed by atoms with E-state index < -0.39 is 15.9 Å². The number of carbonyl (C=O) groups is 1. The molecule has 1 amide bonds. The summed E-state index contributed by atoms with van der Waals surface area (Å²) in [6.45, 7) is 2.38. The lowest BCUT2D eigenvalue weighted by atomic mass is 10.2. The molecule has 1 N–H and O–H groups in total. The molecule has 0 aliphatic rings. The Morgan fingerprint density at radius 2 is 1.69 bits per heavy atom. The Morgan fingerprint density at radius 1 is 0.969 bits per heavy atom. The van der Waals surface area contributed by atoms with E-state index in [9.17, 15) is 13.2 Å². The fourth-order valence-electron chi connectivity index (χ4n) is 3.15. The van der Waals surface area contributed by atoms with Gasteiger partial charge >= 0.3 is 0 Å². The van der Waals surface area contributed by atoms with E-state index in [2.05, 4.69) is 5.32 Å². The Hall–Kier alpha value is -3.36. The molecule has 32 heavy (non-hydrogen) atoms. The Bertz CT molecular complexity index is 1130. The predicted molar refractivity (Wildman–Crippen MR) is 124 cm³/mol.